The molecule has 0 radical (unpaired) electrons. The van der Waals surface area contributed by atoms with E-state index in [1.807, 2.05) is 59.6 Å². The van der Waals surface area contributed by atoms with Crippen LogP contribution < -0.4 is 14.2 Å². The van der Waals surface area contributed by atoms with Gasteiger partial charge in [-0.25, -0.2) is 5.01 Å². The van der Waals surface area contributed by atoms with E-state index in [0.717, 1.165) is 46.1 Å². The van der Waals surface area contributed by atoms with Gasteiger partial charge in [0.25, 0.3) is 0 Å². The molecule has 0 N–H and O–H groups in total. The number of hydrogen-bond donors (Lipinski definition) is 0. The zero-order valence-electron chi connectivity index (χ0n) is 15.4. The van der Waals surface area contributed by atoms with Gasteiger partial charge in [-0.3, -0.25) is 0 Å². The first kappa shape index (κ1) is 16.7. The molecule has 0 fully saturated rings. The molecule has 0 aromatic heterocycles. The molecule has 0 aliphatic carbocycles. The Bertz CT molecular complexity index is 1130. The van der Waals surface area contributed by atoms with Crippen LogP contribution in [-0.2, 0) is 0 Å². The standard InChI is InChI=1S/C23H17ClN2O3/c24-16-7-9-20-17(11-16)19-12-18(15-6-8-21-22(10-15)28-13-27-21)25-26(19)23(29-20)14-4-2-1-3-5-14/h1-11,19,23H,12-13H2/t19-,23-/m0/s1. The van der Waals surface area contributed by atoms with E-state index in [-0.39, 0.29) is 19.1 Å². The Balaban J connectivity index is 1.44. The number of halogens is 1. The second-order valence-electron chi connectivity index (χ2n) is 7.28. The highest BCUT2D eigenvalue weighted by molar-refractivity contribution is 6.30. The van der Waals surface area contributed by atoms with Crippen molar-refractivity contribution in [3.63, 3.8) is 0 Å². The molecule has 3 aromatic rings. The van der Waals surface area contributed by atoms with Crippen LogP contribution in [0.25, 0.3) is 0 Å². The minimum absolute atomic E-state index is 0.0584. The van der Waals surface area contributed by atoms with Crippen molar-refractivity contribution in [1.82, 2.24) is 5.01 Å². The van der Waals surface area contributed by atoms with Crippen LogP contribution in [0.1, 0.15) is 35.4 Å². The molecule has 0 saturated carbocycles. The molecule has 0 bridgehead atoms. The van der Waals surface area contributed by atoms with E-state index in [4.69, 9.17) is 30.9 Å². The zero-order valence-corrected chi connectivity index (χ0v) is 16.2. The first-order valence-corrected chi connectivity index (χ1v) is 9.91. The average molecular weight is 405 g/mol. The number of rotatable bonds is 2. The van der Waals surface area contributed by atoms with Crippen LogP contribution in [0.4, 0.5) is 0 Å². The molecule has 0 amide bonds. The Kier molecular flexibility index (Phi) is 3.71. The molecule has 0 unspecified atom stereocenters. The number of nitrogens with zero attached hydrogens (tertiary/aromatic N) is 2. The maximum Gasteiger partial charge on any atom is 0.231 e. The highest BCUT2D eigenvalue weighted by Gasteiger charge is 2.41. The van der Waals surface area contributed by atoms with Crippen molar-refractivity contribution in [2.75, 3.05) is 6.79 Å². The van der Waals surface area contributed by atoms with Gasteiger partial charge in [-0.2, -0.15) is 5.10 Å². The smallest absolute Gasteiger partial charge is 0.231 e. The van der Waals surface area contributed by atoms with Crippen LogP contribution in [0, 0.1) is 0 Å². The SMILES string of the molecule is Clc1ccc2c(c1)[C@@H]1CC(c3ccc4c(c3)OCO4)=NN1[C@H](c1ccccc1)O2. The molecule has 0 saturated heterocycles. The molecule has 29 heavy (non-hydrogen) atoms. The Hall–Kier alpha value is -3.18. The van der Waals surface area contributed by atoms with E-state index in [0.29, 0.717) is 5.02 Å². The summed E-state index contributed by atoms with van der Waals surface area (Å²) in [5, 5.41) is 7.72. The first-order chi connectivity index (χ1) is 14.3. The second-order valence-corrected chi connectivity index (χ2v) is 7.71. The number of hydrogen-bond acceptors (Lipinski definition) is 5. The maximum absolute atomic E-state index is 6.36. The van der Waals surface area contributed by atoms with Gasteiger partial charge < -0.3 is 14.2 Å². The van der Waals surface area contributed by atoms with Crippen LogP contribution in [0.2, 0.25) is 5.02 Å². The summed E-state index contributed by atoms with van der Waals surface area (Å²) in [7, 11) is 0. The summed E-state index contributed by atoms with van der Waals surface area (Å²) in [5.41, 5.74) is 4.14. The maximum atomic E-state index is 6.36. The lowest BCUT2D eigenvalue weighted by atomic mass is 9.95. The van der Waals surface area contributed by atoms with Crippen molar-refractivity contribution >= 4 is 17.3 Å². The summed E-state index contributed by atoms with van der Waals surface area (Å²) in [6.07, 6.45) is 0.473. The molecular formula is C23H17ClN2O3. The van der Waals surface area contributed by atoms with Gasteiger partial charge in [0, 0.05) is 28.1 Å². The average Bonchev–Trinajstić information content (AvgIpc) is 3.40. The van der Waals surface area contributed by atoms with Gasteiger partial charge in [-0.1, -0.05) is 41.9 Å². The molecule has 144 valence electrons. The van der Waals surface area contributed by atoms with E-state index in [9.17, 15) is 0 Å². The van der Waals surface area contributed by atoms with Crippen LogP contribution >= 0.6 is 11.6 Å². The lowest BCUT2D eigenvalue weighted by Crippen LogP contribution is -2.33. The number of hydrazone groups is 1. The van der Waals surface area contributed by atoms with E-state index in [2.05, 4.69) is 12.1 Å². The van der Waals surface area contributed by atoms with Crippen LogP contribution in [0.5, 0.6) is 17.2 Å². The molecule has 5 nitrogen and oxygen atoms in total. The summed E-state index contributed by atoms with van der Waals surface area (Å²) in [4.78, 5) is 0. The Morgan fingerprint density at radius 2 is 1.72 bits per heavy atom. The van der Waals surface area contributed by atoms with Crippen molar-refractivity contribution in [1.29, 1.82) is 0 Å². The van der Waals surface area contributed by atoms with Crippen molar-refractivity contribution in [3.05, 3.63) is 88.4 Å². The largest absolute Gasteiger partial charge is 0.464 e. The minimum atomic E-state index is -0.290. The molecule has 3 heterocycles. The van der Waals surface area contributed by atoms with Gasteiger partial charge in [-0.15, -0.1) is 0 Å². The first-order valence-electron chi connectivity index (χ1n) is 9.53. The summed E-state index contributed by atoms with van der Waals surface area (Å²) >= 11 is 6.30. The second kappa shape index (κ2) is 6.42. The lowest BCUT2D eigenvalue weighted by molar-refractivity contribution is -0.0190. The Labute approximate surface area is 173 Å². The van der Waals surface area contributed by atoms with E-state index in [1.54, 1.807) is 0 Å². The predicted octanol–water partition coefficient (Wildman–Crippen LogP) is 5.31. The summed E-state index contributed by atoms with van der Waals surface area (Å²) in [5.74, 6) is 2.38. The summed E-state index contributed by atoms with van der Waals surface area (Å²) in [6.45, 7) is 0.260. The molecular weight excluding hydrogens is 388 g/mol. The van der Waals surface area contributed by atoms with Gasteiger partial charge in [0.05, 0.1) is 11.8 Å². The van der Waals surface area contributed by atoms with Crippen molar-refractivity contribution < 1.29 is 14.2 Å². The highest BCUT2D eigenvalue weighted by atomic mass is 35.5. The van der Waals surface area contributed by atoms with Crippen molar-refractivity contribution in [2.24, 2.45) is 5.10 Å². The molecule has 0 spiro atoms. The molecule has 3 aliphatic heterocycles. The predicted molar refractivity (Wildman–Crippen MR) is 110 cm³/mol. The van der Waals surface area contributed by atoms with E-state index < -0.39 is 0 Å². The number of fused-ring (bicyclic) bond motifs is 4. The topological polar surface area (TPSA) is 43.3 Å². The summed E-state index contributed by atoms with van der Waals surface area (Å²) < 4.78 is 17.3. The third kappa shape index (κ3) is 2.73. The van der Waals surface area contributed by atoms with Gasteiger partial charge in [-0.05, 0) is 36.4 Å². The lowest BCUT2D eigenvalue weighted by Gasteiger charge is -2.38. The third-order valence-electron chi connectivity index (χ3n) is 5.54. The fourth-order valence-electron chi connectivity index (χ4n) is 4.15. The normalized spacial score (nSPS) is 21.3. The van der Waals surface area contributed by atoms with Gasteiger partial charge in [0.15, 0.2) is 11.5 Å². The van der Waals surface area contributed by atoms with Gasteiger partial charge in [0.2, 0.25) is 13.0 Å². The third-order valence-corrected chi connectivity index (χ3v) is 5.78. The Morgan fingerprint density at radius 3 is 2.62 bits per heavy atom. The van der Waals surface area contributed by atoms with Gasteiger partial charge >= 0.3 is 0 Å². The van der Waals surface area contributed by atoms with Crippen LogP contribution in [0.3, 0.4) is 0 Å². The molecule has 2 atom stereocenters. The fraction of sp³-hybridized carbons (Fsp3) is 0.174. The van der Waals surface area contributed by atoms with Gasteiger partial charge in [0.1, 0.15) is 5.75 Å². The van der Waals surface area contributed by atoms with Crippen LogP contribution in [0.15, 0.2) is 71.8 Å². The zero-order chi connectivity index (χ0) is 19.4. The summed E-state index contributed by atoms with van der Waals surface area (Å²) in [6, 6.07) is 22.0. The molecule has 6 rings (SSSR count). The molecule has 6 heteroatoms. The van der Waals surface area contributed by atoms with Crippen LogP contribution in [-0.4, -0.2) is 17.5 Å². The van der Waals surface area contributed by atoms with Crippen molar-refractivity contribution in [2.45, 2.75) is 18.7 Å². The number of benzene rings is 3. The monoisotopic (exact) mass is 404 g/mol. The number of ether oxygens (including phenoxy) is 3. The fourth-order valence-corrected chi connectivity index (χ4v) is 4.33. The molecule has 3 aromatic carbocycles. The van der Waals surface area contributed by atoms with E-state index in [1.165, 1.54) is 0 Å². The highest BCUT2D eigenvalue weighted by Crippen LogP contribution is 2.48. The Morgan fingerprint density at radius 1 is 0.897 bits per heavy atom. The molecule has 3 aliphatic rings. The van der Waals surface area contributed by atoms with E-state index >= 15 is 0 Å². The minimum Gasteiger partial charge on any atom is -0.464 e. The quantitative estimate of drug-likeness (QED) is 0.580. The van der Waals surface area contributed by atoms with Crippen molar-refractivity contribution in [3.8, 4) is 17.2 Å².